The zero-order valence-electron chi connectivity index (χ0n) is 12.0. The van der Waals surface area contributed by atoms with E-state index < -0.39 is 15.6 Å². The first kappa shape index (κ1) is 17.7. The minimum Gasteiger partial charge on any atom is -0.316 e. The summed E-state index contributed by atoms with van der Waals surface area (Å²) in [5.74, 6) is 0. The summed E-state index contributed by atoms with van der Waals surface area (Å²) in [5.41, 5.74) is 0.0401. The average molecular weight is 339 g/mol. The van der Waals surface area contributed by atoms with Crippen LogP contribution in [0.15, 0.2) is 17.0 Å². The summed E-state index contributed by atoms with van der Waals surface area (Å²) in [5, 5.41) is 3.52. The fourth-order valence-electron chi connectivity index (χ4n) is 1.61. The van der Waals surface area contributed by atoms with Crippen LogP contribution in [-0.2, 0) is 16.6 Å². The van der Waals surface area contributed by atoms with Crippen LogP contribution in [0, 0.1) is 0 Å². The van der Waals surface area contributed by atoms with Crippen LogP contribution >= 0.6 is 23.2 Å². The van der Waals surface area contributed by atoms with Crippen molar-refractivity contribution in [2.75, 3.05) is 7.05 Å². The summed E-state index contributed by atoms with van der Waals surface area (Å²) in [6, 6.07) is 2.98. The van der Waals surface area contributed by atoms with E-state index in [1.165, 1.54) is 6.07 Å². The van der Waals surface area contributed by atoms with Crippen LogP contribution in [0.5, 0.6) is 0 Å². The number of nitrogens with one attached hydrogen (secondary N) is 2. The highest BCUT2D eigenvalue weighted by Gasteiger charge is 2.27. The van der Waals surface area contributed by atoms with E-state index in [4.69, 9.17) is 23.2 Å². The van der Waals surface area contributed by atoms with E-state index >= 15 is 0 Å². The molecule has 7 heteroatoms. The van der Waals surface area contributed by atoms with Gasteiger partial charge in [0.25, 0.3) is 0 Å². The molecular formula is C13H20Cl2N2O2S. The van der Waals surface area contributed by atoms with E-state index in [0.717, 1.165) is 0 Å². The van der Waals surface area contributed by atoms with E-state index in [1.807, 2.05) is 20.8 Å². The molecule has 1 aromatic rings. The van der Waals surface area contributed by atoms with Gasteiger partial charge in [0.2, 0.25) is 10.0 Å². The van der Waals surface area contributed by atoms with Crippen molar-refractivity contribution >= 4 is 33.2 Å². The Balaban J connectivity index is 3.30. The lowest BCUT2D eigenvalue weighted by Crippen LogP contribution is -2.42. The quantitative estimate of drug-likeness (QED) is 0.837. The third-order valence-electron chi connectivity index (χ3n) is 3.09. The Hall–Kier alpha value is -0.330. The number of sulfonamides is 1. The molecule has 2 N–H and O–H groups in total. The van der Waals surface area contributed by atoms with E-state index in [1.54, 1.807) is 13.1 Å². The third kappa shape index (κ3) is 4.09. The number of rotatable bonds is 6. The molecule has 0 unspecified atom stereocenters. The second-order valence-corrected chi connectivity index (χ2v) is 7.65. The van der Waals surface area contributed by atoms with E-state index in [9.17, 15) is 8.42 Å². The van der Waals surface area contributed by atoms with Crippen molar-refractivity contribution in [3.8, 4) is 0 Å². The number of hydrogen-bond donors (Lipinski definition) is 2. The van der Waals surface area contributed by atoms with Crippen molar-refractivity contribution < 1.29 is 8.42 Å². The fourth-order valence-corrected chi connectivity index (χ4v) is 4.01. The van der Waals surface area contributed by atoms with Gasteiger partial charge in [0.1, 0.15) is 4.90 Å². The minimum atomic E-state index is -3.69. The maximum atomic E-state index is 12.4. The molecule has 20 heavy (non-hydrogen) atoms. The molecule has 0 bridgehead atoms. The first-order chi connectivity index (χ1) is 9.14. The van der Waals surface area contributed by atoms with Crippen LogP contribution < -0.4 is 10.0 Å². The predicted octanol–water partition coefficient (Wildman–Crippen LogP) is 3.18. The molecule has 0 atom stereocenters. The third-order valence-corrected chi connectivity index (χ3v) is 5.73. The zero-order valence-corrected chi connectivity index (χ0v) is 14.4. The molecule has 0 spiro atoms. The van der Waals surface area contributed by atoms with Gasteiger partial charge in [-0.1, -0.05) is 30.1 Å². The number of halogens is 2. The van der Waals surface area contributed by atoms with Gasteiger partial charge in [0.15, 0.2) is 0 Å². The average Bonchev–Trinajstić information content (AvgIpc) is 2.32. The smallest absolute Gasteiger partial charge is 0.242 e. The number of hydrogen-bond acceptors (Lipinski definition) is 3. The van der Waals surface area contributed by atoms with Crippen LogP contribution in [-0.4, -0.2) is 21.0 Å². The van der Waals surface area contributed by atoms with Crippen molar-refractivity contribution in [1.82, 2.24) is 10.0 Å². The molecule has 0 fully saturated rings. The van der Waals surface area contributed by atoms with Gasteiger partial charge in [-0.05, 0) is 39.4 Å². The predicted molar refractivity (Wildman–Crippen MR) is 83.9 cm³/mol. The zero-order chi connectivity index (χ0) is 15.6. The Morgan fingerprint density at radius 3 is 2.35 bits per heavy atom. The van der Waals surface area contributed by atoms with Crippen LogP contribution in [0.1, 0.15) is 32.8 Å². The van der Waals surface area contributed by atoms with E-state index in [0.29, 0.717) is 23.6 Å². The van der Waals surface area contributed by atoms with Crippen LogP contribution in [0.4, 0.5) is 0 Å². The molecule has 4 nitrogen and oxygen atoms in total. The monoisotopic (exact) mass is 338 g/mol. The normalized spacial score (nSPS) is 12.7. The standard InChI is InChI=1S/C13H20Cl2N2O2S/c1-5-13(2,3)17-20(18,19)11-7-6-10(14)9(8-16-4)12(11)15/h6-7,16-17H,5,8H2,1-4H3. The molecule has 1 aromatic carbocycles. The fraction of sp³-hybridized carbons (Fsp3) is 0.538. The Bertz CT molecular complexity index is 586. The molecule has 0 aliphatic heterocycles. The molecule has 0 saturated carbocycles. The van der Waals surface area contributed by atoms with Gasteiger partial charge >= 0.3 is 0 Å². The first-order valence-electron chi connectivity index (χ1n) is 6.30. The van der Waals surface area contributed by atoms with Crippen molar-refractivity contribution in [2.45, 2.75) is 44.2 Å². The summed E-state index contributed by atoms with van der Waals surface area (Å²) < 4.78 is 27.5. The highest BCUT2D eigenvalue weighted by atomic mass is 35.5. The van der Waals surface area contributed by atoms with Gasteiger partial charge in [0.05, 0.1) is 5.02 Å². The molecule has 0 radical (unpaired) electrons. The number of benzene rings is 1. The van der Waals surface area contributed by atoms with Gasteiger partial charge in [-0.2, -0.15) is 0 Å². The topological polar surface area (TPSA) is 58.2 Å². The molecule has 0 aliphatic rings. The van der Waals surface area contributed by atoms with Gasteiger partial charge < -0.3 is 5.32 Å². The first-order valence-corrected chi connectivity index (χ1v) is 8.54. The highest BCUT2D eigenvalue weighted by Crippen LogP contribution is 2.31. The Labute approximate surface area is 130 Å². The van der Waals surface area contributed by atoms with Gasteiger partial charge in [-0.25, -0.2) is 13.1 Å². The van der Waals surface area contributed by atoms with Gasteiger partial charge in [0, 0.05) is 22.7 Å². The molecule has 0 amide bonds. The van der Waals surface area contributed by atoms with Crippen molar-refractivity contribution in [1.29, 1.82) is 0 Å². The molecule has 0 aliphatic carbocycles. The van der Waals surface area contributed by atoms with Crippen molar-refractivity contribution in [2.24, 2.45) is 0 Å². The van der Waals surface area contributed by atoms with E-state index in [2.05, 4.69) is 10.0 Å². The highest BCUT2D eigenvalue weighted by molar-refractivity contribution is 7.89. The molecular weight excluding hydrogens is 319 g/mol. The van der Waals surface area contributed by atoms with Crippen molar-refractivity contribution in [3.63, 3.8) is 0 Å². The second-order valence-electron chi connectivity index (χ2n) is 5.21. The summed E-state index contributed by atoms with van der Waals surface area (Å²) >= 11 is 12.3. The van der Waals surface area contributed by atoms with E-state index in [-0.39, 0.29) is 9.92 Å². The lowest BCUT2D eigenvalue weighted by Gasteiger charge is -2.24. The SMILES string of the molecule is CCC(C)(C)NS(=O)(=O)c1ccc(Cl)c(CNC)c1Cl. The Kier molecular flexibility index (Phi) is 5.87. The molecule has 0 aromatic heterocycles. The summed E-state index contributed by atoms with van der Waals surface area (Å²) in [6.45, 7) is 5.96. The summed E-state index contributed by atoms with van der Waals surface area (Å²) in [7, 11) is -1.94. The minimum absolute atomic E-state index is 0.0512. The van der Waals surface area contributed by atoms with Crippen LogP contribution in [0.3, 0.4) is 0 Å². The maximum Gasteiger partial charge on any atom is 0.242 e. The largest absolute Gasteiger partial charge is 0.316 e. The molecule has 0 saturated heterocycles. The Morgan fingerprint density at radius 1 is 1.25 bits per heavy atom. The van der Waals surface area contributed by atoms with Crippen LogP contribution in [0.25, 0.3) is 0 Å². The van der Waals surface area contributed by atoms with Gasteiger partial charge in [-0.3, -0.25) is 0 Å². The van der Waals surface area contributed by atoms with Crippen LogP contribution in [0.2, 0.25) is 10.0 Å². The molecule has 0 heterocycles. The lowest BCUT2D eigenvalue weighted by molar-refractivity contribution is 0.439. The molecule has 1 rings (SSSR count). The second kappa shape index (κ2) is 6.62. The Morgan fingerprint density at radius 2 is 1.85 bits per heavy atom. The lowest BCUT2D eigenvalue weighted by atomic mass is 10.0. The maximum absolute atomic E-state index is 12.4. The van der Waals surface area contributed by atoms with Gasteiger partial charge in [-0.15, -0.1) is 0 Å². The van der Waals surface area contributed by atoms with Crippen molar-refractivity contribution in [3.05, 3.63) is 27.7 Å². The molecule has 114 valence electrons. The summed E-state index contributed by atoms with van der Waals surface area (Å²) in [6.07, 6.45) is 0.667. The summed E-state index contributed by atoms with van der Waals surface area (Å²) in [4.78, 5) is 0.0512.